The van der Waals surface area contributed by atoms with Gasteiger partial charge in [-0.2, -0.15) is 0 Å². The average Bonchev–Trinajstić information content (AvgIpc) is 2.66. The van der Waals surface area contributed by atoms with Crippen LogP contribution in [-0.2, 0) is 0 Å². The van der Waals surface area contributed by atoms with Crippen molar-refractivity contribution in [1.29, 1.82) is 0 Å². The first-order valence-electron chi connectivity index (χ1n) is 9.59. The first-order valence-corrected chi connectivity index (χ1v) is 9.59. The fourth-order valence-electron chi connectivity index (χ4n) is 2.76. The Kier molecular flexibility index (Phi) is 6.23. The summed E-state index contributed by atoms with van der Waals surface area (Å²) in [6.07, 6.45) is 0. The van der Waals surface area contributed by atoms with Gasteiger partial charge in [0.25, 0.3) is 0 Å². The van der Waals surface area contributed by atoms with E-state index in [9.17, 15) is 0 Å². The molecule has 27 heavy (non-hydrogen) atoms. The highest BCUT2D eigenvalue weighted by atomic mass is 16.5. The topological polar surface area (TPSA) is 27.7 Å². The van der Waals surface area contributed by atoms with Gasteiger partial charge in [0.2, 0.25) is 0 Å². The summed E-state index contributed by atoms with van der Waals surface area (Å²) in [4.78, 5) is 0. The smallest absolute Gasteiger partial charge is 0.173 e. The van der Waals surface area contributed by atoms with Crippen molar-refractivity contribution in [3.63, 3.8) is 0 Å². The molecule has 0 radical (unpaired) electrons. The highest BCUT2D eigenvalue weighted by molar-refractivity contribution is 5.95. The van der Waals surface area contributed by atoms with Crippen molar-refractivity contribution in [3.05, 3.63) is 60.7 Å². The Morgan fingerprint density at radius 1 is 0.667 bits per heavy atom. The largest absolute Gasteiger partial charge is 0.493 e. The normalized spacial score (nSPS) is 11.2. The molecule has 0 saturated carbocycles. The Morgan fingerprint density at radius 3 is 1.93 bits per heavy atom. The van der Waals surface area contributed by atoms with E-state index in [2.05, 4.69) is 39.8 Å². The molecule has 3 aromatic carbocycles. The molecular weight excluding hydrogens is 336 g/mol. The minimum Gasteiger partial charge on any atom is -0.493 e. The first-order chi connectivity index (χ1) is 13.0. The molecule has 0 aromatic heterocycles. The van der Waals surface area contributed by atoms with E-state index >= 15 is 0 Å². The van der Waals surface area contributed by atoms with Crippen molar-refractivity contribution in [2.24, 2.45) is 11.8 Å². The summed E-state index contributed by atoms with van der Waals surface area (Å²) in [7, 11) is 0. The Balaban J connectivity index is 2.09. The van der Waals surface area contributed by atoms with Crippen LogP contribution in [0.25, 0.3) is 10.8 Å². The fourth-order valence-corrected chi connectivity index (χ4v) is 2.76. The lowest BCUT2D eigenvalue weighted by Gasteiger charge is -2.19. The average molecular weight is 364 g/mol. The monoisotopic (exact) mass is 364 g/mol. The third-order valence-electron chi connectivity index (χ3n) is 4.03. The number of hydrogen-bond donors (Lipinski definition) is 0. The van der Waals surface area contributed by atoms with E-state index in [0.717, 1.165) is 28.0 Å². The van der Waals surface area contributed by atoms with Crippen LogP contribution in [0.2, 0.25) is 0 Å². The number of benzene rings is 3. The lowest BCUT2D eigenvalue weighted by atomic mass is 10.1. The number of para-hydroxylation sites is 1. The SMILES string of the molecule is CC(C)COc1cc(Oc2ccccc2)c(OCC(C)C)c2ccccc12. The quantitative estimate of drug-likeness (QED) is 0.445. The van der Waals surface area contributed by atoms with Gasteiger partial charge in [-0.15, -0.1) is 0 Å². The third kappa shape index (κ3) is 4.94. The van der Waals surface area contributed by atoms with Crippen LogP contribution in [0.15, 0.2) is 60.7 Å². The minimum atomic E-state index is 0.421. The second kappa shape index (κ2) is 8.81. The number of rotatable bonds is 8. The van der Waals surface area contributed by atoms with Gasteiger partial charge >= 0.3 is 0 Å². The van der Waals surface area contributed by atoms with Gasteiger partial charge in [-0.05, 0) is 24.0 Å². The Morgan fingerprint density at radius 2 is 1.26 bits per heavy atom. The van der Waals surface area contributed by atoms with Gasteiger partial charge in [-0.3, -0.25) is 0 Å². The predicted molar refractivity (Wildman–Crippen MR) is 111 cm³/mol. The second-order valence-electron chi connectivity index (χ2n) is 7.57. The van der Waals surface area contributed by atoms with E-state index in [0.29, 0.717) is 30.8 Å². The van der Waals surface area contributed by atoms with Crippen molar-refractivity contribution < 1.29 is 14.2 Å². The van der Waals surface area contributed by atoms with E-state index in [1.54, 1.807) is 0 Å². The van der Waals surface area contributed by atoms with Gasteiger partial charge < -0.3 is 14.2 Å². The summed E-state index contributed by atoms with van der Waals surface area (Å²) in [5.41, 5.74) is 0. The maximum absolute atomic E-state index is 6.19. The predicted octanol–water partition coefficient (Wildman–Crippen LogP) is 6.70. The lowest BCUT2D eigenvalue weighted by molar-refractivity contribution is 0.259. The van der Waals surface area contributed by atoms with Crippen LogP contribution < -0.4 is 14.2 Å². The maximum atomic E-state index is 6.19. The molecule has 3 rings (SSSR count). The lowest BCUT2D eigenvalue weighted by Crippen LogP contribution is -2.08. The van der Waals surface area contributed by atoms with Crippen LogP contribution in [0.1, 0.15) is 27.7 Å². The molecule has 0 atom stereocenters. The van der Waals surface area contributed by atoms with E-state index in [1.165, 1.54) is 0 Å². The van der Waals surface area contributed by atoms with Gasteiger partial charge in [0.05, 0.1) is 13.2 Å². The Labute approximate surface area is 161 Å². The molecule has 0 saturated heterocycles. The standard InChI is InChI=1S/C24H28O3/c1-17(2)15-25-22-14-23(27-19-10-6-5-7-11-19)24(26-16-18(3)4)21-13-9-8-12-20(21)22/h5-14,17-18H,15-16H2,1-4H3. The summed E-state index contributed by atoms with van der Waals surface area (Å²) in [6, 6.07) is 19.9. The molecule has 0 fully saturated rings. The molecule has 0 aliphatic rings. The molecule has 0 aliphatic carbocycles. The Bertz CT molecular complexity index is 869. The second-order valence-corrected chi connectivity index (χ2v) is 7.57. The van der Waals surface area contributed by atoms with Crippen molar-refractivity contribution in [2.45, 2.75) is 27.7 Å². The van der Waals surface area contributed by atoms with Crippen molar-refractivity contribution >= 4 is 10.8 Å². The molecule has 0 unspecified atom stereocenters. The summed E-state index contributed by atoms with van der Waals surface area (Å²) in [6.45, 7) is 9.84. The molecule has 0 aliphatic heterocycles. The molecule has 0 bridgehead atoms. The van der Waals surface area contributed by atoms with Crippen LogP contribution in [-0.4, -0.2) is 13.2 Å². The number of fused-ring (bicyclic) bond motifs is 1. The van der Waals surface area contributed by atoms with Gasteiger partial charge in [0, 0.05) is 16.8 Å². The van der Waals surface area contributed by atoms with Gasteiger partial charge in [-0.25, -0.2) is 0 Å². The van der Waals surface area contributed by atoms with Crippen LogP contribution in [0.3, 0.4) is 0 Å². The van der Waals surface area contributed by atoms with E-state index < -0.39 is 0 Å². The molecule has 0 amide bonds. The van der Waals surface area contributed by atoms with Gasteiger partial charge in [0.1, 0.15) is 11.5 Å². The molecule has 0 N–H and O–H groups in total. The Hall–Kier alpha value is -2.68. The van der Waals surface area contributed by atoms with Crippen LogP contribution >= 0.6 is 0 Å². The van der Waals surface area contributed by atoms with E-state index in [4.69, 9.17) is 14.2 Å². The molecule has 3 heteroatoms. The first kappa shape index (κ1) is 19.1. The molecule has 142 valence electrons. The molecular formula is C24H28O3. The molecule has 0 spiro atoms. The molecule has 3 nitrogen and oxygen atoms in total. The van der Waals surface area contributed by atoms with Gasteiger partial charge in [-0.1, -0.05) is 70.2 Å². The van der Waals surface area contributed by atoms with E-state index in [-0.39, 0.29) is 0 Å². The fraction of sp³-hybridized carbons (Fsp3) is 0.333. The number of hydrogen-bond acceptors (Lipinski definition) is 3. The summed E-state index contributed by atoms with van der Waals surface area (Å²) in [5.74, 6) is 3.91. The number of ether oxygens (including phenoxy) is 3. The molecule has 0 heterocycles. The van der Waals surface area contributed by atoms with Crippen LogP contribution in [0.5, 0.6) is 23.0 Å². The zero-order chi connectivity index (χ0) is 19.2. The van der Waals surface area contributed by atoms with Crippen LogP contribution in [0, 0.1) is 11.8 Å². The van der Waals surface area contributed by atoms with Crippen LogP contribution in [0.4, 0.5) is 0 Å². The summed E-state index contributed by atoms with van der Waals surface area (Å²) >= 11 is 0. The third-order valence-corrected chi connectivity index (χ3v) is 4.03. The zero-order valence-corrected chi connectivity index (χ0v) is 16.6. The summed E-state index contributed by atoms with van der Waals surface area (Å²) < 4.78 is 18.5. The highest BCUT2D eigenvalue weighted by Crippen LogP contribution is 2.43. The maximum Gasteiger partial charge on any atom is 0.173 e. The van der Waals surface area contributed by atoms with Crippen molar-refractivity contribution in [3.8, 4) is 23.0 Å². The summed E-state index contributed by atoms with van der Waals surface area (Å²) in [5, 5.41) is 2.04. The minimum absolute atomic E-state index is 0.421. The van der Waals surface area contributed by atoms with E-state index in [1.807, 2.05) is 48.5 Å². The van der Waals surface area contributed by atoms with Crippen molar-refractivity contribution in [1.82, 2.24) is 0 Å². The van der Waals surface area contributed by atoms with Gasteiger partial charge in [0.15, 0.2) is 11.5 Å². The van der Waals surface area contributed by atoms with Crippen molar-refractivity contribution in [2.75, 3.05) is 13.2 Å². The molecule has 3 aromatic rings. The highest BCUT2D eigenvalue weighted by Gasteiger charge is 2.17. The zero-order valence-electron chi connectivity index (χ0n) is 16.6.